The van der Waals surface area contributed by atoms with E-state index in [0.717, 1.165) is 10.6 Å². The minimum atomic E-state index is -0.233. The number of aromatic nitrogens is 1. The molecule has 22 heavy (non-hydrogen) atoms. The van der Waals surface area contributed by atoms with Crippen LogP contribution in [0.15, 0.2) is 42.6 Å². The zero-order valence-corrected chi connectivity index (χ0v) is 14.5. The molecule has 0 saturated heterocycles. The number of carbonyl (C=O) groups is 1. The fraction of sp³-hybridized carbons (Fsp3) is 0.250. The molecule has 0 bridgehead atoms. The Hall–Kier alpha value is -1.23. The van der Waals surface area contributed by atoms with Crippen LogP contribution >= 0.6 is 35.0 Å². The quantitative estimate of drug-likeness (QED) is 0.801. The molecule has 0 fully saturated rings. The van der Waals surface area contributed by atoms with Gasteiger partial charge in [0.25, 0.3) is 0 Å². The second kappa shape index (κ2) is 7.86. The summed E-state index contributed by atoms with van der Waals surface area (Å²) in [5.74, 6) is 0.394. The van der Waals surface area contributed by atoms with Crippen molar-refractivity contribution in [1.29, 1.82) is 0 Å². The van der Waals surface area contributed by atoms with Crippen LogP contribution in [0.5, 0.6) is 0 Å². The van der Waals surface area contributed by atoms with Gasteiger partial charge in [0.15, 0.2) is 0 Å². The molecule has 1 aromatic carbocycles. The molecule has 0 saturated carbocycles. The number of pyridine rings is 1. The van der Waals surface area contributed by atoms with Gasteiger partial charge in [0.2, 0.25) is 5.91 Å². The maximum atomic E-state index is 12.2. The molecule has 1 heterocycles. The highest BCUT2D eigenvalue weighted by molar-refractivity contribution is 8.00. The maximum absolute atomic E-state index is 12.2. The lowest BCUT2D eigenvalue weighted by Crippen LogP contribution is -2.23. The summed E-state index contributed by atoms with van der Waals surface area (Å²) in [6.07, 6.45) is 1.50. The lowest BCUT2D eigenvalue weighted by atomic mass is 10.2. The molecule has 0 spiro atoms. The van der Waals surface area contributed by atoms with Crippen molar-refractivity contribution in [3.8, 4) is 0 Å². The van der Waals surface area contributed by atoms with Crippen LogP contribution < -0.4 is 5.32 Å². The van der Waals surface area contributed by atoms with Crippen molar-refractivity contribution >= 4 is 46.7 Å². The number of thioether (sulfide) groups is 1. The summed E-state index contributed by atoms with van der Waals surface area (Å²) in [5.41, 5.74) is 1.03. The summed E-state index contributed by atoms with van der Waals surface area (Å²) in [5, 5.41) is 3.92. The van der Waals surface area contributed by atoms with Gasteiger partial charge < -0.3 is 5.32 Å². The van der Waals surface area contributed by atoms with Gasteiger partial charge in [-0.1, -0.05) is 41.4 Å². The first-order valence-corrected chi connectivity index (χ1v) is 8.49. The molecule has 6 heteroatoms. The van der Waals surface area contributed by atoms with Gasteiger partial charge in [0, 0.05) is 16.5 Å². The van der Waals surface area contributed by atoms with Gasteiger partial charge in [0.05, 0.1) is 10.3 Å². The van der Waals surface area contributed by atoms with Crippen molar-refractivity contribution in [2.45, 2.75) is 24.3 Å². The van der Waals surface area contributed by atoms with Crippen LogP contribution in [0.4, 0.5) is 5.82 Å². The average molecular weight is 355 g/mol. The Bertz CT molecular complexity index is 649. The first kappa shape index (κ1) is 17.1. The third-order valence-electron chi connectivity index (χ3n) is 3.10. The molecule has 1 aromatic heterocycles. The molecule has 2 atom stereocenters. The molecule has 0 aliphatic heterocycles. The van der Waals surface area contributed by atoms with E-state index in [4.69, 9.17) is 23.2 Å². The summed E-state index contributed by atoms with van der Waals surface area (Å²) in [4.78, 5) is 16.3. The van der Waals surface area contributed by atoms with Crippen LogP contribution in [-0.4, -0.2) is 16.1 Å². The molecule has 0 aliphatic rings. The zero-order chi connectivity index (χ0) is 16.1. The fourth-order valence-electron chi connectivity index (χ4n) is 1.92. The normalized spacial score (nSPS) is 13.5. The summed E-state index contributed by atoms with van der Waals surface area (Å²) >= 11 is 13.5. The molecular weight excluding hydrogens is 339 g/mol. The zero-order valence-electron chi connectivity index (χ0n) is 12.2. The number of hydrogen-bond donors (Lipinski definition) is 1. The molecule has 1 amide bonds. The second-order valence-electron chi connectivity index (χ2n) is 4.79. The van der Waals surface area contributed by atoms with Crippen molar-refractivity contribution in [2.24, 2.45) is 0 Å². The summed E-state index contributed by atoms with van der Waals surface area (Å²) < 4.78 is 0. The predicted molar refractivity (Wildman–Crippen MR) is 94.8 cm³/mol. The number of hydrogen-bond acceptors (Lipinski definition) is 3. The van der Waals surface area contributed by atoms with Gasteiger partial charge in [0.1, 0.15) is 5.82 Å². The average Bonchev–Trinajstić information content (AvgIpc) is 2.49. The largest absolute Gasteiger partial charge is 0.310 e. The number of halogens is 2. The van der Waals surface area contributed by atoms with Gasteiger partial charge in [-0.05, 0) is 37.6 Å². The number of amides is 1. The van der Waals surface area contributed by atoms with E-state index in [9.17, 15) is 4.79 Å². The fourth-order valence-corrected chi connectivity index (χ4v) is 3.55. The number of benzene rings is 1. The first-order chi connectivity index (χ1) is 10.5. The standard InChI is InChI=1S/C16H16Cl2N2OS/c1-10(13-5-3-4-6-14(13)18)22-11(2)16(21)20-15-8-7-12(17)9-19-15/h3-11H,1-2H3,(H,19,20,21). The topological polar surface area (TPSA) is 42.0 Å². The lowest BCUT2D eigenvalue weighted by molar-refractivity contribution is -0.115. The highest BCUT2D eigenvalue weighted by Crippen LogP contribution is 2.35. The Kier molecular flexibility index (Phi) is 6.12. The van der Waals surface area contributed by atoms with Crippen molar-refractivity contribution < 1.29 is 4.79 Å². The predicted octanol–water partition coefficient (Wildman–Crippen LogP) is 5.21. The van der Waals surface area contributed by atoms with E-state index >= 15 is 0 Å². The summed E-state index contributed by atoms with van der Waals surface area (Å²) in [7, 11) is 0. The van der Waals surface area contributed by atoms with Crippen LogP contribution in [0.3, 0.4) is 0 Å². The highest BCUT2D eigenvalue weighted by Gasteiger charge is 2.19. The van der Waals surface area contributed by atoms with Crippen molar-refractivity contribution in [2.75, 3.05) is 5.32 Å². The molecule has 2 unspecified atom stereocenters. The van der Waals surface area contributed by atoms with E-state index in [0.29, 0.717) is 10.8 Å². The third-order valence-corrected chi connectivity index (χ3v) is 4.95. The highest BCUT2D eigenvalue weighted by atomic mass is 35.5. The van der Waals surface area contributed by atoms with E-state index in [1.165, 1.54) is 6.20 Å². The Morgan fingerprint density at radius 1 is 1.18 bits per heavy atom. The Morgan fingerprint density at radius 2 is 1.91 bits per heavy atom. The maximum Gasteiger partial charge on any atom is 0.238 e. The van der Waals surface area contributed by atoms with Gasteiger partial charge in [-0.3, -0.25) is 4.79 Å². The number of rotatable bonds is 5. The monoisotopic (exact) mass is 354 g/mol. The number of nitrogens with one attached hydrogen (secondary N) is 1. The van der Waals surface area contributed by atoms with Gasteiger partial charge in [-0.2, -0.15) is 0 Å². The van der Waals surface area contributed by atoms with E-state index in [1.54, 1.807) is 23.9 Å². The van der Waals surface area contributed by atoms with Crippen molar-refractivity contribution in [3.63, 3.8) is 0 Å². The van der Waals surface area contributed by atoms with Gasteiger partial charge >= 0.3 is 0 Å². The van der Waals surface area contributed by atoms with E-state index < -0.39 is 0 Å². The molecular formula is C16H16Cl2N2OS. The smallest absolute Gasteiger partial charge is 0.238 e. The minimum Gasteiger partial charge on any atom is -0.310 e. The van der Waals surface area contributed by atoms with Crippen LogP contribution in [0.25, 0.3) is 0 Å². The van der Waals surface area contributed by atoms with Crippen molar-refractivity contribution in [3.05, 3.63) is 58.2 Å². The third kappa shape index (κ3) is 4.63. The Labute approximate surface area is 144 Å². The molecule has 2 rings (SSSR count). The molecule has 3 nitrogen and oxygen atoms in total. The minimum absolute atomic E-state index is 0.0984. The molecule has 2 aromatic rings. The van der Waals surface area contributed by atoms with Gasteiger partial charge in [-0.15, -0.1) is 11.8 Å². The Balaban J connectivity index is 1.96. The molecule has 1 N–H and O–H groups in total. The molecule has 0 radical (unpaired) electrons. The van der Waals surface area contributed by atoms with Gasteiger partial charge in [-0.25, -0.2) is 4.98 Å². The second-order valence-corrected chi connectivity index (χ2v) is 7.32. The van der Waals surface area contributed by atoms with Crippen LogP contribution in [0.2, 0.25) is 10.0 Å². The van der Waals surface area contributed by atoms with Crippen LogP contribution in [0.1, 0.15) is 24.7 Å². The van der Waals surface area contributed by atoms with Crippen molar-refractivity contribution in [1.82, 2.24) is 4.98 Å². The van der Waals surface area contributed by atoms with E-state index in [1.807, 2.05) is 38.1 Å². The molecule has 116 valence electrons. The summed E-state index contributed by atoms with van der Waals surface area (Å²) in [6, 6.07) is 11.0. The number of anilines is 1. The first-order valence-electron chi connectivity index (χ1n) is 6.79. The number of carbonyl (C=O) groups excluding carboxylic acids is 1. The Morgan fingerprint density at radius 3 is 2.55 bits per heavy atom. The number of nitrogens with zero attached hydrogens (tertiary/aromatic N) is 1. The van der Waals surface area contributed by atoms with Crippen LogP contribution in [0, 0.1) is 0 Å². The SMILES string of the molecule is CC(SC(C)c1ccccc1Cl)C(=O)Nc1ccc(Cl)cn1. The summed E-state index contributed by atoms with van der Waals surface area (Å²) in [6.45, 7) is 3.90. The lowest BCUT2D eigenvalue weighted by Gasteiger charge is -2.18. The van der Waals surface area contributed by atoms with Crippen LogP contribution in [-0.2, 0) is 4.79 Å². The molecule has 0 aliphatic carbocycles. The van der Waals surface area contributed by atoms with E-state index in [-0.39, 0.29) is 16.4 Å². The van der Waals surface area contributed by atoms with E-state index in [2.05, 4.69) is 10.3 Å².